The topological polar surface area (TPSA) is 131 Å². The molecule has 11 heteroatoms. The molecule has 0 aliphatic carbocycles. The molecular weight excluding hydrogens is 438 g/mol. The van der Waals surface area contributed by atoms with Crippen LogP contribution in [-0.4, -0.2) is 47.8 Å². The number of fused-ring (bicyclic) bond motifs is 1. The van der Waals surface area contributed by atoms with Gasteiger partial charge >= 0.3 is 6.03 Å². The quantitative estimate of drug-likeness (QED) is 0.462. The number of benzene rings is 2. The minimum absolute atomic E-state index is 0.0747. The molecule has 9 nitrogen and oxygen atoms in total. The maximum absolute atomic E-state index is 14.6. The van der Waals surface area contributed by atoms with E-state index in [2.05, 4.69) is 27.2 Å². The Morgan fingerprint density at radius 2 is 1.94 bits per heavy atom. The van der Waals surface area contributed by atoms with Gasteiger partial charge in [0.15, 0.2) is 17.4 Å². The fourth-order valence-corrected chi connectivity index (χ4v) is 3.67. The van der Waals surface area contributed by atoms with Crippen molar-refractivity contribution in [2.75, 3.05) is 13.7 Å². The van der Waals surface area contributed by atoms with E-state index in [1.165, 1.54) is 24.3 Å². The highest BCUT2D eigenvalue weighted by Crippen LogP contribution is 2.34. The number of ether oxygens (including phenoxy) is 1. The molecule has 1 atom stereocenters. The highest BCUT2D eigenvalue weighted by atomic mass is 19.1. The van der Waals surface area contributed by atoms with E-state index in [0.29, 0.717) is 5.56 Å². The zero-order valence-electron chi connectivity index (χ0n) is 17.1. The summed E-state index contributed by atoms with van der Waals surface area (Å²) >= 11 is 0. The lowest BCUT2D eigenvalue weighted by Gasteiger charge is -2.26. The Kier molecular flexibility index (Phi) is 5.21. The lowest BCUT2D eigenvalue weighted by molar-refractivity contribution is -0.122. The van der Waals surface area contributed by atoms with Gasteiger partial charge in [-0.05, 0) is 35.9 Å². The van der Waals surface area contributed by atoms with Gasteiger partial charge in [-0.3, -0.25) is 19.7 Å². The highest BCUT2D eigenvalue weighted by Gasteiger charge is 2.49. The van der Waals surface area contributed by atoms with Gasteiger partial charge in [-0.1, -0.05) is 11.8 Å². The van der Waals surface area contributed by atoms with Crippen LogP contribution in [0.4, 0.5) is 13.6 Å². The van der Waals surface area contributed by atoms with Crippen LogP contribution in [0.5, 0.6) is 5.75 Å². The summed E-state index contributed by atoms with van der Waals surface area (Å²) in [5.74, 6) is 0.356. The average Bonchev–Trinajstić information content (AvgIpc) is 3.22. The summed E-state index contributed by atoms with van der Waals surface area (Å²) in [7, 11) is 1.07. The van der Waals surface area contributed by atoms with Gasteiger partial charge < -0.3 is 20.7 Å². The third kappa shape index (κ3) is 3.71. The molecule has 0 spiro atoms. The van der Waals surface area contributed by atoms with E-state index >= 15 is 0 Å². The minimum Gasteiger partial charge on any atom is -0.491 e. The number of hydrogen-bond acceptors (Lipinski definition) is 5. The number of carbonyl (C=O) groups is 4. The molecule has 1 fully saturated rings. The third-order valence-corrected chi connectivity index (χ3v) is 5.28. The molecule has 2 aliphatic heterocycles. The predicted molar refractivity (Wildman–Crippen MR) is 109 cm³/mol. The van der Waals surface area contributed by atoms with Crippen molar-refractivity contribution in [3.63, 3.8) is 0 Å². The summed E-state index contributed by atoms with van der Waals surface area (Å²) in [6, 6.07) is 6.05. The van der Waals surface area contributed by atoms with E-state index in [1.54, 1.807) is 0 Å². The van der Waals surface area contributed by atoms with Crippen LogP contribution in [-0.2, 0) is 11.3 Å². The van der Waals surface area contributed by atoms with Crippen LogP contribution in [0.1, 0.15) is 31.8 Å². The van der Waals surface area contributed by atoms with Gasteiger partial charge in [-0.2, -0.15) is 0 Å². The first-order valence-electron chi connectivity index (χ1n) is 9.56. The monoisotopic (exact) mass is 454 g/mol. The van der Waals surface area contributed by atoms with Crippen molar-refractivity contribution in [1.82, 2.24) is 15.5 Å². The third-order valence-electron chi connectivity index (χ3n) is 5.28. The SMILES string of the molecule is COc1c(F)cc2c(c1F)C(=O)N(C[C@@]1(C#Cc3ccc(C(N)=O)cc3)NC(=O)NC1=O)C2. The largest absolute Gasteiger partial charge is 0.491 e. The number of nitrogens with two attached hydrogens (primary N) is 1. The number of halogens is 2. The van der Waals surface area contributed by atoms with Crippen LogP contribution < -0.4 is 21.1 Å². The van der Waals surface area contributed by atoms with Crippen molar-refractivity contribution in [2.24, 2.45) is 5.73 Å². The number of nitrogens with zero attached hydrogens (tertiary/aromatic N) is 1. The number of primary amides is 1. The Bertz CT molecular complexity index is 1280. The smallest absolute Gasteiger partial charge is 0.323 e. The summed E-state index contributed by atoms with van der Waals surface area (Å²) in [4.78, 5) is 49.6. The van der Waals surface area contributed by atoms with E-state index in [4.69, 9.17) is 5.73 Å². The van der Waals surface area contributed by atoms with E-state index < -0.39 is 53.2 Å². The first kappa shape index (κ1) is 21.8. The molecule has 2 heterocycles. The van der Waals surface area contributed by atoms with Crippen LogP contribution in [0.2, 0.25) is 0 Å². The molecule has 4 N–H and O–H groups in total. The van der Waals surface area contributed by atoms with E-state index in [-0.39, 0.29) is 23.2 Å². The fraction of sp³-hybridized carbons (Fsp3) is 0.182. The number of nitrogens with one attached hydrogen (secondary N) is 2. The molecular formula is C22H16F2N4O5. The van der Waals surface area contributed by atoms with Gasteiger partial charge in [0.05, 0.1) is 19.2 Å². The van der Waals surface area contributed by atoms with Crippen LogP contribution >= 0.6 is 0 Å². The average molecular weight is 454 g/mol. The lowest BCUT2D eigenvalue weighted by atomic mass is 9.99. The number of rotatable bonds is 4. The van der Waals surface area contributed by atoms with Gasteiger partial charge in [0, 0.05) is 17.7 Å². The van der Waals surface area contributed by atoms with Gasteiger partial charge in [0.1, 0.15) is 0 Å². The van der Waals surface area contributed by atoms with Crippen LogP contribution in [0, 0.1) is 23.5 Å². The van der Waals surface area contributed by atoms with Gasteiger partial charge in [0.25, 0.3) is 11.8 Å². The van der Waals surface area contributed by atoms with Crippen LogP contribution in [0.25, 0.3) is 0 Å². The number of hydrogen-bond donors (Lipinski definition) is 3. The Morgan fingerprint density at radius 3 is 2.52 bits per heavy atom. The Labute approximate surface area is 185 Å². The number of urea groups is 1. The van der Waals surface area contributed by atoms with Gasteiger partial charge in [-0.25, -0.2) is 13.6 Å². The molecule has 5 amide bonds. The molecule has 4 rings (SSSR count). The van der Waals surface area contributed by atoms with E-state index in [1.807, 2.05) is 0 Å². The van der Waals surface area contributed by atoms with Crippen molar-refractivity contribution in [2.45, 2.75) is 12.1 Å². The molecule has 33 heavy (non-hydrogen) atoms. The first-order chi connectivity index (χ1) is 15.6. The maximum atomic E-state index is 14.6. The highest BCUT2D eigenvalue weighted by molar-refractivity contribution is 6.10. The van der Waals surface area contributed by atoms with Crippen molar-refractivity contribution in [3.05, 3.63) is 64.2 Å². The molecule has 2 aromatic rings. The molecule has 2 aliphatic rings. The van der Waals surface area contributed by atoms with Crippen molar-refractivity contribution in [3.8, 4) is 17.6 Å². The second-order valence-electron chi connectivity index (χ2n) is 7.41. The summed E-state index contributed by atoms with van der Waals surface area (Å²) in [6.45, 7) is -0.625. The Hall–Kier alpha value is -4.46. The standard InChI is InChI=1S/C22H16F2N4O5/c1-33-17-14(23)8-13-9-28(19(30)15(13)16(17)24)10-22(20(31)26-21(32)27-22)7-6-11-2-4-12(5-3-11)18(25)29/h2-5,8H,9-10H2,1H3,(H2,25,29)(H2,26,27,31,32)/t22-/m1/s1. The predicted octanol–water partition coefficient (Wildman–Crippen LogP) is 0.658. The van der Waals surface area contributed by atoms with Crippen molar-refractivity contribution < 1.29 is 32.7 Å². The lowest BCUT2D eigenvalue weighted by Crippen LogP contribution is -2.54. The van der Waals surface area contributed by atoms with E-state index in [9.17, 15) is 28.0 Å². The second kappa shape index (κ2) is 7.90. The summed E-state index contributed by atoms with van der Waals surface area (Å²) < 4.78 is 33.4. The fourth-order valence-electron chi connectivity index (χ4n) is 3.67. The molecule has 0 saturated carbocycles. The second-order valence-corrected chi connectivity index (χ2v) is 7.41. The van der Waals surface area contributed by atoms with Gasteiger partial charge in [-0.15, -0.1) is 0 Å². The number of imide groups is 1. The summed E-state index contributed by atoms with van der Waals surface area (Å²) in [5.41, 5.74) is 3.73. The van der Waals surface area contributed by atoms with Crippen LogP contribution in [0.3, 0.4) is 0 Å². The van der Waals surface area contributed by atoms with Crippen molar-refractivity contribution >= 4 is 23.8 Å². The van der Waals surface area contributed by atoms with Gasteiger partial charge in [0.2, 0.25) is 11.4 Å². The molecule has 0 aromatic heterocycles. The van der Waals surface area contributed by atoms with E-state index in [0.717, 1.165) is 18.1 Å². The molecule has 1 saturated heterocycles. The van der Waals surface area contributed by atoms with Crippen molar-refractivity contribution in [1.29, 1.82) is 0 Å². The Balaban J connectivity index is 1.67. The number of amides is 5. The molecule has 0 radical (unpaired) electrons. The normalized spacial score (nSPS) is 18.9. The molecule has 0 unspecified atom stereocenters. The number of carbonyl (C=O) groups excluding carboxylic acids is 4. The Morgan fingerprint density at radius 1 is 1.24 bits per heavy atom. The molecule has 168 valence electrons. The zero-order chi connectivity index (χ0) is 23.9. The summed E-state index contributed by atoms with van der Waals surface area (Å²) in [5, 5.41) is 4.48. The zero-order valence-corrected chi connectivity index (χ0v) is 17.1. The maximum Gasteiger partial charge on any atom is 0.323 e. The first-order valence-corrected chi connectivity index (χ1v) is 9.56. The van der Waals surface area contributed by atoms with Crippen LogP contribution in [0.15, 0.2) is 30.3 Å². The summed E-state index contributed by atoms with van der Waals surface area (Å²) in [6.07, 6.45) is 0. The molecule has 0 bridgehead atoms. The number of methoxy groups -OCH3 is 1. The molecule has 2 aromatic carbocycles. The minimum atomic E-state index is -1.84.